The van der Waals surface area contributed by atoms with E-state index in [1.165, 1.54) is 24.8 Å². The fraction of sp³-hybridized carbons (Fsp3) is 0.650. The fourth-order valence-electron chi connectivity index (χ4n) is 6.03. The molecule has 1 aromatic rings. The molecule has 2 N–H and O–H groups in total. The molecule has 130 valence electrons. The minimum absolute atomic E-state index is 0.342. The van der Waals surface area contributed by atoms with Crippen LogP contribution < -0.4 is 5.32 Å². The van der Waals surface area contributed by atoms with Crippen LogP contribution in [0.15, 0.2) is 12.1 Å². The summed E-state index contributed by atoms with van der Waals surface area (Å²) < 4.78 is 0. The molecule has 1 heterocycles. The molecule has 0 spiro atoms. The number of carboxylic acids is 1. The van der Waals surface area contributed by atoms with Crippen LogP contribution in [0.4, 0.5) is 5.69 Å². The number of aromatic carboxylic acids is 1. The third kappa shape index (κ3) is 2.28. The molecule has 0 amide bonds. The number of anilines is 1. The Morgan fingerprint density at radius 1 is 1.29 bits per heavy atom. The molecule has 1 aliphatic heterocycles. The molecular weight excluding hydrogens is 322 g/mol. The van der Waals surface area contributed by atoms with E-state index in [1.807, 2.05) is 6.07 Å². The van der Waals surface area contributed by atoms with Gasteiger partial charge in [-0.2, -0.15) is 0 Å². The van der Waals surface area contributed by atoms with Crippen molar-refractivity contribution < 1.29 is 9.90 Å². The summed E-state index contributed by atoms with van der Waals surface area (Å²) in [7, 11) is 0. The summed E-state index contributed by atoms with van der Waals surface area (Å²) in [5.41, 5.74) is 2.35. The molecule has 3 aliphatic rings. The van der Waals surface area contributed by atoms with Gasteiger partial charge in [0, 0.05) is 11.1 Å². The van der Waals surface area contributed by atoms with E-state index in [4.69, 9.17) is 11.6 Å². The molecule has 2 aliphatic carbocycles. The third-order valence-corrected chi connectivity index (χ3v) is 7.20. The van der Waals surface area contributed by atoms with E-state index in [0.717, 1.165) is 24.4 Å². The molecule has 24 heavy (non-hydrogen) atoms. The van der Waals surface area contributed by atoms with Gasteiger partial charge in [-0.1, -0.05) is 38.3 Å². The van der Waals surface area contributed by atoms with E-state index in [9.17, 15) is 9.90 Å². The molecule has 4 rings (SSSR count). The van der Waals surface area contributed by atoms with Crippen molar-refractivity contribution in [2.24, 2.45) is 23.7 Å². The Labute approximate surface area is 148 Å². The van der Waals surface area contributed by atoms with Crippen molar-refractivity contribution in [1.82, 2.24) is 0 Å². The number of hydrogen-bond donors (Lipinski definition) is 2. The molecule has 0 saturated heterocycles. The largest absolute Gasteiger partial charge is 0.478 e. The van der Waals surface area contributed by atoms with Gasteiger partial charge in [-0.25, -0.2) is 4.79 Å². The van der Waals surface area contributed by atoms with Crippen molar-refractivity contribution in [3.8, 4) is 0 Å². The second-order valence-corrected chi connectivity index (χ2v) is 8.34. The minimum atomic E-state index is -0.883. The van der Waals surface area contributed by atoms with Crippen LogP contribution in [0.2, 0.25) is 5.02 Å². The molecule has 2 fully saturated rings. The highest BCUT2D eigenvalue weighted by Gasteiger charge is 2.54. The van der Waals surface area contributed by atoms with Crippen LogP contribution in [0.3, 0.4) is 0 Å². The third-order valence-electron chi connectivity index (χ3n) is 6.99. The summed E-state index contributed by atoms with van der Waals surface area (Å²) in [6.45, 7) is 4.51. The summed E-state index contributed by atoms with van der Waals surface area (Å²) >= 11 is 6.28. The SMILES string of the molecule is CCC(CC)[C@@H]1Nc2c(C(=O)O)cc(Cl)cc2[C@H]2[C@H]3CC[C@H](C3)[C@H]21. The van der Waals surface area contributed by atoms with Gasteiger partial charge in [0.2, 0.25) is 0 Å². The summed E-state index contributed by atoms with van der Waals surface area (Å²) in [6.07, 6.45) is 6.21. The molecular formula is C20H26ClNO2. The molecule has 0 aromatic heterocycles. The Bertz CT molecular complexity index is 670. The number of hydrogen-bond acceptors (Lipinski definition) is 2. The Kier molecular flexibility index (Phi) is 4.03. The van der Waals surface area contributed by atoms with Gasteiger partial charge in [0.1, 0.15) is 0 Å². The second kappa shape index (κ2) is 5.94. The summed E-state index contributed by atoms with van der Waals surface area (Å²) in [5, 5.41) is 13.9. The number of rotatable bonds is 4. The lowest BCUT2D eigenvalue weighted by Gasteiger charge is -2.46. The van der Waals surface area contributed by atoms with Gasteiger partial charge in [0.05, 0.1) is 11.3 Å². The zero-order valence-electron chi connectivity index (χ0n) is 14.4. The van der Waals surface area contributed by atoms with E-state index in [-0.39, 0.29) is 0 Å². The number of fused-ring (bicyclic) bond motifs is 7. The Balaban J connectivity index is 1.86. The first-order valence-corrected chi connectivity index (χ1v) is 9.76. The lowest BCUT2D eigenvalue weighted by atomic mass is 9.65. The van der Waals surface area contributed by atoms with Crippen LogP contribution in [-0.4, -0.2) is 17.1 Å². The maximum atomic E-state index is 11.8. The van der Waals surface area contributed by atoms with E-state index in [1.54, 1.807) is 6.07 Å². The highest BCUT2D eigenvalue weighted by molar-refractivity contribution is 6.31. The number of carboxylic acid groups (broad SMARTS) is 1. The van der Waals surface area contributed by atoms with Crippen LogP contribution in [0.25, 0.3) is 0 Å². The molecule has 1 aromatic carbocycles. The Morgan fingerprint density at radius 3 is 2.67 bits per heavy atom. The predicted octanol–water partition coefficient (Wildman–Crippen LogP) is 5.40. The standard InChI is InChI=1S/C20H26ClNO2/c1-3-10(4-2)18-17-12-6-5-11(7-12)16(17)14-8-13(21)9-15(20(23)24)19(14)22-18/h8-12,16-18,22H,3-7H2,1-2H3,(H,23,24)/t11-,12+,16+,17+,18-/m0/s1. The zero-order valence-corrected chi connectivity index (χ0v) is 15.1. The van der Waals surface area contributed by atoms with E-state index < -0.39 is 5.97 Å². The van der Waals surface area contributed by atoms with Crippen LogP contribution in [0, 0.1) is 23.7 Å². The van der Waals surface area contributed by atoms with Crippen molar-refractivity contribution in [2.75, 3.05) is 5.32 Å². The minimum Gasteiger partial charge on any atom is -0.478 e. The normalized spacial score (nSPS) is 33.2. The lowest BCUT2D eigenvalue weighted by molar-refractivity contribution is 0.0697. The molecule has 2 saturated carbocycles. The lowest BCUT2D eigenvalue weighted by Crippen LogP contribution is -2.45. The topological polar surface area (TPSA) is 49.3 Å². The van der Waals surface area contributed by atoms with Crippen LogP contribution in [-0.2, 0) is 0 Å². The maximum absolute atomic E-state index is 11.8. The van der Waals surface area contributed by atoms with Crippen molar-refractivity contribution in [3.63, 3.8) is 0 Å². The summed E-state index contributed by atoms with van der Waals surface area (Å²) in [4.78, 5) is 11.8. The van der Waals surface area contributed by atoms with Gasteiger partial charge in [-0.05, 0) is 66.5 Å². The predicted molar refractivity (Wildman–Crippen MR) is 97.0 cm³/mol. The van der Waals surface area contributed by atoms with Gasteiger partial charge in [0.15, 0.2) is 0 Å². The molecule has 0 unspecified atom stereocenters. The number of benzene rings is 1. The van der Waals surface area contributed by atoms with E-state index >= 15 is 0 Å². The Morgan fingerprint density at radius 2 is 2.00 bits per heavy atom. The fourth-order valence-corrected chi connectivity index (χ4v) is 6.25. The van der Waals surface area contributed by atoms with Crippen molar-refractivity contribution in [1.29, 1.82) is 0 Å². The zero-order chi connectivity index (χ0) is 17.0. The first kappa shape index (κ1) is 16.3. The van der Waals surface area contributed by atoms with Crippen molar-refractivity contribution in [2.45, 2.75) is 57.9 Å². The van der Waals surface area contributed by atoms with E-state index in [2.05, 4.69) is 19.2 Å². The van der Waals surface area contributed by atoms with Gasteiger partial charge in [0.25, 0.3) is 0 Å². The van der Waals surface area contributed by atoms with Crippen molar-refractivity contribution in [3.05, 3.63) is 28.3 Å². The van der Waals surface area contributed by atoms with Crippen LogP contribution in [0.1, 0.15) is 67.8 Å². The highest BCUT2D eigenvalue weighted by atomic mass is 35.5. The van der Waals surface area contributed by atoms with Crippen LogP contribution >= 0.6 is 11.6 Å². The van der Waals surface area contributed by atoms with Gasteiger partial charge < -0.3 is 10.4 Å². The first-order valence-electron chi connectivity index (χ1n) is 9.38. The maximum Gasteiger partial charge on any atom is 0.337 e. The van der Waals surface area contributed by atoms with Gasteiger partial charge >= 0.3 is 5.97 Å². The number of halogens is 1. The molecule has 3 nitrogen and oxygen atoms in total. The average molecular weight is 348 g/mol. The molecule has 5 atom stereocenters. The summed E-state index contributed by atoms with van der Waals surface area (Å²) in [5.74, 6) is 2.34. The van der Waals surface area contributed by atoms with Crippen molar-refractivity contribution >= 4 is 23.3 Å². The highest BCUT2D eigenvalue weighted by Crippen LogP contribution is 2.62. The number of nitrogens with one attached hydrogen (secondary N) is 1. The van der Waals surface area contributed by atoms with Gasteiger partial charge in [-0.3, -0.25) is 0 Å². The number of carbonyl (C=O) groups is 1. The average Bonchev–Trinajstić information content (AvgIpc) is 3.17. The molecule has 0 radical (unpaired) electrons. The Hall–Kier alpha value is -1.22. The quantitative estimate of drug-likeness (QED) is 0.766. The van der Waals surface area contributed by atoms with E-state index in [0.29, 0.717) is 40.3 Å². The second-order valence-electron chi connectivity index (χ2n) is 7.91. The monoisotopic (exact) mass is 347 g/mol. The van der Waals surface area contributed by atoms with Crippen LogP contribution in [0.5, 0.6) is 0 Å². The molecule has 2 bridgehead atoms. The molecule has 4 heteroatoms. The first-order chi connectivity index (χ1) is 11.5. The smallest absolute Gasteiger partial charge is 0.337 e. The summed E-state index contributed by atoms with van der Waals surface area (Å²) in [6, 6.07) is 4.03. The van der Waals surface area contributed by atoms with Gasteiger partial charge in [-0.15, -0.1) is 0 Å².